The number of fused-ring (bicyclic) bond motifs is 3. The summed E-state index contributed by atoms with van der Waals surface area (Å²) in [6.45, 7) is 0. The van der Waals surface area contributed by atoms with Crippen molar-refractivity contribution in [2.24, 2.45) is 0 Å². The normalized spacial score (nSPS) is 16.1. The molecule has 0 saturated carbocycles. The largest absolute Gasteiger partial charge is 0.278 e. The zero-order valence-electron chi connectivity index (χ0n) is 7.60. The van der Waals surface area contributed by atoms with Gasteiger partial charge in [0.15, 0.2) is 9.99 Å². The van der Waals surface area contributed by atoms with E-state index in [0.29, 0.717) is 0 Å². The molecule has 1 aliphatic carbocycles. The second-order valence-corrected chi connectivity index (χ2v) is 7.05. The Morgan fingerprint density at radius 2 is 2.27 bits per heavy atom. The Kier molecular flexibility index (Phi) is 1.90. The first-order valence-corrected chi connectivity index (χ1v) is 7.62. The Balaban J connectivity index is 2.42. The predicted octanol–water partition coefficient (Wildman–Crippen LogP) is 1.81. The van der Waals surface area contributed by atoms with Crippen molar-refractivity contribution in [3.8, 4) is 0 Å². The molecule has 0 unspecified atom stereocenters. The standard InChI is InChI=1S/C8H7ClN2O2S2/c9-15(12,13)7-4-10-8-11(7)5-2-1-3-6(5)14-8/h4H,1-3H2. The van der Waals surface area contributed by atoms with E-state index in [2.05, 4.69) is 4.98 Å². The third-order valence-corrected chi connectivity index (χ3v) is 4.99. The van der Waals surface area contributed by atoms with Crippen molar-refractivity contribution in [2.75, 3.05) is 0 Å². The van der Waals surface area contributed by atoms with E-state index in [0.717, 1.165) is 29.9 Å². The summed E-state index contributed by atoms with van der Waals surface area (Å²) in [7, 11) is 1.66. The molecule has 2 aromatic rings. The van der Waals surface area contributed by atoms with E-state index < -0.39 is 9.05 Å². The van der Waals surface area contributed by atoms with Crippen molar-refractivity contribution in [3.63, 3.8) is 0 Å². The molecule has 0 atom stereocenters. The van der Waals surface area contributed by atoms with Crippen LogP contribution in [0.4, 0.5) is 0 Å². The summed E-state index contributed by atoms with van der Waals surface area (Å²) < 4.78 is 24.3. The molecular formula is C8H7ClN2O2S2. The number of aromatic nitrogens is 2. The van der Waals surface area contributed by atoms with E-state index in [4.69, 9.17) is 10.7 Å². The monoisotopic (exact) mass is 262 g/mol. The third-order valence-electron chi connectivity index (χ3n) is 2.57. The van der Waals surface area contributed by atoms with Crippen molar-refractivity contribution in [1.29, 1.82) is 0 Å². The summed E-state index contributed by atoms with van der Waals surface area (Å²) in [6, 6.07) is 0. The lowest BCUT2D eigenvalue weighted by Gasteiger charge is -1.96. The molecule has 2 heterocycles. The lowest BCUT2D eigenvalue weighted by molar-refractivity contribution is 0.604. The minimum atomic E-state index is -3.70. The van der Waals surface area contributed by atoms with Crippen molar-refractivity contribution in [2.45, 2.75) is 24.3 Å². The number of thiazole rings is 1. The summed E-state index contributed by atoms with van der Waals surface area (Å²) >= 11 is 1.55. The van der Waals surface area contributed by atoms with Crippen molar-refractivity contribution < 1.29 is 8.42 Å². The number of hydrogen-bond acceptors (Lipinski definition) is 4. The molecule has 2 aromatic heterocycles. The minimum absolute atomic E-state index is 0.0959. The molecule has 3 rings (SSSR count). The van der Waals surface area contributed by atoms with Gasteiger partial charge >= 0.3 is 0 Å². The summed E-state index contributed by atoms with van der Waals surface area (Å²) in [6.07, 6.45) is 4.33. The van der Waals surface area contributed by atoms with E-state index in [1.165, 1.54) is 11.1 Å². The van der Waals surface area contributed by atoms with Gasteiger partial charge < -0.3 is 0 Å². The van der Waals surface area contributed by atoms with Gasteiger partial charge in [-0.05, 0) is 19.3 Å². The second kappa shape index (κ2) is 2.96. The van der Waals surface area contributed by atoms with Crippen LogP contribution in [0.3, 0.4) is 0 Å². The third kappa shape index (κ3) is 1.32. The zero-order valence-corrected chi connectivity index (χ0v) is 9.99. The predicted molar refractivity (Wildman–Crippen MR) is 58.1 cm³/mol. The van der Waals surface area contributed by atoms with Gasteiger partial charge in [0.05, 0.1) is 6.20 Å². The quantitative estimate of drug-likeness (QED) is 0.737. The van der Waals surface area contributed by atoms with E-state index >= 15 is 0 Å². The van der Waals surface area contributed by atoms with Crippen LogP contribution >= 0.6 is 22.0 Å². The summed E-state index contributed by atoms with van der Waals surface area (Å²) in [5.41, 5.74) is 1.06. The maximum atomic E-state index is 11.3. The lowest BCUT2D eigenvalue weighted by atomic mass is 10.4. The Morgan fingerprint density at radius 1 is 1.47 bits per heavy atom. The van der Waals surface area contributed by atoms with E-state index in [1.807, 2.05) is 0 Å². The number of rotatable bonds is 1. The SMILES string of the molecule is O=S(=O)(Cl)c1cnc2sc3c(n12)CCC3. The molecule has 0 N–H and O–H groups in total. The van der Waals surface area contributed by atoms with Crippen molar-refractivity contribution in [3.05, 3.63) is 16.8 Å². The average Bonchev–Trinajstić information content (AvgIpc) is 2.68. The van der Waals surface area contributed by atoms with Crippen LogP contribution in [-0.4, -0.2) is 17.8 Å². The first kappa shape index (κ1) is 9.62. The molecule has 1 aliphatic rings. The number of halogens is 1. The smallest absolute Gasteiger partial charge is 0.277 e. The lowest BCUT2D eigenvalue weighted by Crippen LogP contribution is -1.98. The highest BCUT2D eigenvalue weighted by molar-refractivity contribution is 8.13. The highest BCUT2D eigenvalue weighted by Crippen LogP contribution is 2.33. The number of aryl methyl sites for hydroxylation is 2. The average molecular weight is 263 g/mol. The number of nitrogens with zero attached hydrogens (tertiary/aromatic N) is 2. The highest BCUT2D eigenvalue weighted by atomic mass is 35.7. The Hall–Kier alpha value is -0.590. The van der Waals surface area contributed by atoms with Gasteiger partial charge in [-0.1, -0.05) is 0 Å². The van der Waals surface area contributed by atoms with Gasteiger partial charge in [0.1, 0.15) is 0 Å². The maximum absolute atomic E-state index is 11.3. The first-order chi connectivity index (χ1) is 7.07. The van der Waals surface area contributed by atoms with Gasteiger partial charge in [-0.3, -0.25) is 4.40 Å². The van der Waals surface area contributed by atoms with Gasteiger partial charge in [0.2, 0.25) is 0 Å². The molecule has 0 saturated heterocycles. The molecule has 0 aliphatic heterocycles. The minimum Gasteiger partial charge on any atom is -0.277 e. The fourth-order valence-electron chi connectivity index (χ4n) is 1.97. The molecule has 4 nitrogen and oxygen atoms in total. The molecule has 0 bridgehead atoms. The van der Waals surface area contributed by atoms with Crippen LogP contribution in [0.2, 0.25) is 0 Å². The zero-order chi connectivity index (χ0) is 10.6. The van der Waals surface area contributed by atoms with Gasteiger partial charge in [0.25, 0.3) is 9.05 Å². The van der Waals surface area contributed by atoms with Crippen molar-refractivity contribution in [1.82, 2.24) is 9.38 Å². The number of imidazole rings is 1. The Morgan fingerprint density at radius 3 is 3.00 bits per heavy atom. The van der Waals surface area contributed by atoms with E-state index in [9.17, 15) is 8.42 Å². The molecule has 7 heteroatoms. The summed E-state index contributed by atoms with van der Waals surface area (Å²) in [4.78, 5) is 6.02. The van der Waals surface area contributed by atoms with Crippen LogP contribution in [0.25, 0.3) is 4.96 Å². The molecule has 0 aromatic carbocycles. The van der Waals surface area contributed by atoms with Gasteiger partial charge in [-0.2, -0.15) is 0 Å². The van der Waals surface area contributed by atoms with Crippen molar-refractivity contribution >= 4 is 36.0 Å². The molecule has 0 fully saturated rings. The topological polar surface area (TPSA) is 51.4 Å². The second-order valence-electron chi connectivity index (χ2n) is 3.48. The fraction of sp³-hybridized carbons (Fsp3) is 0.375. The fourth-order valence-corrected chi connectivity index (χ4v) is 4.13. The van der Waals surface area contributed by atoms with Crippen LogP contribution < -0.4 is 0 Å². The van der Waals surface area contributed by atoms with Crippen LogP contribution in [0.1, 0.15) is 17.0 Å². The highest BCUT2D eigenvalue weighted by Gasteiger charge is 2.24. The van der Waals surface area contributed by atoms with Crippen LogP contribution in [0.5, 0.6) is 0 Å². The maximum Gasteiger partial charge on any atom is 0.278 e. The molecule has 15 heavy (non-hydrogen) atoms. The number of hydrogen-bond donors (Lipinski definition) is 0. The van der Waals surface area contributed by atoms with Gasteiger partial charge in [-0.15, -0.1) is 11.3 Å². The van der Waals surface area contributed by atoms with Gasteiger partial charge in [-0.25, -0.2) is 13.4 Å². The summed E-state index contributed by atoms with van der Waals surface area (Å²) in [5.74, 6) is 0. The Bertz CT molecular complexity index is 641. The first-order valence-electron chi connectivity index (χ1n) is 4.50. The van der Waals surface area contributed by atoms with Gasteiger partial charge in [0, 0.05) is 21.3 Å². The molecule has 0 amide bonds. The van der Waals surface area contributed by atoms with E-state index in [1.54, 1.807) is 15.7 Å². The van der Waals surface area contributed by atoms with Crippen LogP contribution in [-0.2, 0) is 21.9 Å². The Labute approximate surface area is 94.9 Å². The molecular weight excluding hydrogens is 256 g/mol. The van der Waals surface area contributed by atoms with Crippen LogP contribution in [0, 0.1) is 0 Å². The summed E-state index contributed by atoms with van der Waals surface area (Å²) in [5, 5.41) is 0.0959. The molecule has 80 valence electrons. The molecule has 0 radical (unpaired) electrons. The molecule has 0 spiro atoms. The van der Waals surface area contributed by atoms with Crippen LogP contribution in [0.15, 0.2) is 11.2 Å². The van der Waals surface area contributed by atoms with E-state index in [-0.39, 0.29) is 5.03 Å².